The molecule has 2 fully saturated rings. The first kappa shape index (κ1) is 17.2. The van der Waals surface area contributed by atoms with Crippen LogP contribution in [-0.4, -0.2) is 57.2 Å². The number of hydrogen-bond donors (Lipinski definition) is 0. The number of nitrogens with zero attached hydrogens (tertiary/aromatic N) is 4. The van der Waals surface area contributed by atoms with E-state index in [1.165, 1.54) is 4.68 Å². The van der Waals surface area contributed by atoms with Gasteiger partial charge in [-0.15, -0.1) is 0 Å². The van der Waals surface area contributed by atoms with Crippen molar-refractivity contribution in [1.82, 2.24) is 19.6 Å². The molecule has 0 bridgehead atoms. The summed E-state index contributed by atoms with van der Waals surface area (Å²) in [6.45, 7) is 4.08. The zero-order valence-electron chi connectivity index (χ0n) is 15.5. The molecule has 2 saturated heterocycles. The van der Waals surface area contributed by atoms with E-state index < -0.39 is 0 Å². The van der Waals surface area contributed by atoms with Gasteiger partial charge in [0, 0.05) is 18.0 Å². The molecule has 6 nitrogen and oxygen atoms in total. The average Bonchev–Trinajstić information content (AvgIpc) is 2.63. The fourth-order valence-corrected chi connectivity index (χ4v) is 4.89. The van der Waals surface area contributed by atoms with E-state index >= 15 is 0 Å². The number of fused-ring (bicyclic) bond motifs is 2. The highest BCUT2D eigenvalue weighted by Crippen LogP contribution is 2.38. The van der Waals surface area contributed by atoms with E-state index in [4.69, 9.17) is 0 Å². The Morgan fingerprint density at radius 2 is 2.08 bits per heavy atom. The number of piperidine rings is 2. The predicted octanol–water partition coefficient (Wildman–Crippen LogP) is 1.87. The number of carbonyl (C=O) groups is 1. The summed E-state index contributed by atoms with van der Waals surface area (Å²) >= 11 is 0. The van der Waals surface area contributed by atoms with Gasteiger partial charge in [-0.1, -0.05) is 18.2 Å². The number of hydrogen-bond acceptors (Lipinski definition) is 4. The van der Waals surface area contributed by atoms with Crippen LogP contribution in [-0.2, 0) is 11.3 Å². The van der Waals surface area contributed by atoms with E-state index in [2.05, 4.69) is 24.0 Å². The van der Waals surface area contributed by atoms with Crippen molar-refractivity contribution in [2.24, 2.45) is 0 Å². The summed E-state index contributed by atoms with van der Waals surface area (Å²) in [4.78, 5) is 30.2. The van der Waals surface area contributed by atoms with Crippen LogP contribution in [0.25, 0.3) is 10.8 Å². The fourth-order valence-electron chi connectivity index (χ4n) is 4.89. The molecule has 0 spiro atoms. The Labute approximate surface area is 153 Å². The number of amides is 1. The Hall–Kier alpha value is -2.21. The monoisotopic (exact) mass is 354 g/mol. The molecule has 1 aromatic heterocycles. The molecule has 0 unspecified atom stereocenters. The number of aromatic nitrogens is 2. The lowest BCUT2D eigenvalue weighted by Gasteiger charge is -2.55. The first-order valence-corrected chi connectivity index (χ1v) is 9.46. The van der Waals surface area contributed by atoms with E-state index in [0.29, 0.717) is 11.4 Å². The quantitative estimate of drug-likeness (QED) is 0.826. The lowest BCUT2D eigenvalue weighted by molar-refractivity contribution is -0.147. The van der Waals surface area contributed by atoms with Crippen molar-refractivity contribution < 1.29 is 4.79 Å². The average molecular weight is 354 g/mol. The molecule has 26 heavy (non-hydrogen) atoms. The number of rotatable bonds is 2. The summed E-state index contributed by atoms with van der Waals surface area (Å²) in [6, 6.07) is 7.77. The number of carbonyl (C=O) groups excluding carboxylic acids is 1. The van der Waals surface area contributed by atoms with Crippen molar-refractivity contribution in [2.45, 2.75) is 50.7 Å². The van der Waals surface area contributed by atoms with E-state index in [9.17, 15) is 9.59 Å². The topological polar surface area (TPSA) is 58.4 Å². The van der Waals surface area contributed by atoms with E-state index in [1.54, 1.807) is 12.3 Å². The van der Waals surface area contributed by atoms with Crippen molar-refractivity contribution in [3.05, 3.63) is 40.8 Å². The van der Waals surface area contributed by atoms with E-state index in [-0.39, 0.29) is 23.6 Å². The molecule has 0 aliphatic carbocycles. The summed E-state index contributed by atoms with van der Waals surface area (Å²) in [5, 5.41) is 5.64. The Morgan fingerprint density at radius 3 is 2.92 bits per heavy atom. The molecule has 1 amide bonds. The smallest absolute Gasteiger partial charge is 0.275 e. The molecule has 138 valence electrons. The van der Waals surface area contributed by atoms with Gasteiger partial charge in [0.15, 0.2) is 0 Å². The van der Waals surface area contributed by atoms with Crippen molar-refractivity contribution in [1.29, 1.82) is 0 Å². The van der Waals surface area contributed by atoms with Crippen LogP contribution in [0.4, 0.5) is 0 Å². The first-order valence-electron chi connectivity index (χ1n) is 9.46. The largest absolute Gasteiger partial charge is 0.334 e. The van der Waals surface area contributed by atoms with Crippen LogP contribution in [0.3, 0.4) is 0 Å². The van der Waals surface area contributed by atoms with Gasteiger partial charge < -0.3 is 9.80 Å². The van der Waals surface area contributed by atoms with Crippen LogP contribution in [0.2, 0.25) is 0 Å². The second-order valence-corrected chi connectivity index (χ2v) is 7.84. The zero-order valence-corrected chi connectivity index (χ0v) is 15.5. The van der Waals surface area contributed by atoms with Gasteiger partial charge in [0.1, 0.15) is 6.54 Å². The molecule has 2 aromatic rings. The Kier molecular flexibility index (Phi) is 4.31. The van der Waals surface area contributed by atoms with E-state index in [0.717, 1.165) is 44.2 Å². The molecule has 2 atom stereocenters. The van der Waals surface area contributed by atoms with Crippen LogP contribution in [0.15, 0.2) is 35.3 Å². The maximum absolute atomic E-state index is 13.1. The van der Waals surface area contributed by atoms with Gasteiger partial charge in [-0.05, 0) is 52.3 Å². The summed E-state index contributed by atoms with van der Waals surface area (Å²) < 4.78 is 1.31. The van der Waals surface area contributed by atoms with Crippen LogP contribution < -0.4 is 5.56 Å². The van der Waals surface area contributed by atoms with Gasteiger partial charge in [0.2, 0.25) is 5.91 Å². The molecule has 2 aliphatic rings. The second-order valence-electron chi connectivity index (χ2n) is 7.84. The Bertz CT molecular complexity index is 893. The van der Waals surface area contributed by atoms with Gasteiger partial charge in [-0.2, -0.15) is 5.10 Å². The normalized spacial score (nSPS) is 26.7. The molecule has 2 aliphatic heterocycles. The minimum absolute atomic E-state index is 0.00242. The number of likely N-dealkylation sites (N-methyl/N-ethyl adjacent to an activating group) is 1. The summed E-state index contributed by atoms with van der Waals surface area (Å²) in [7, 11) is 2.16. The SMILES string of the molecule is CN1CCC[C@@]2(C)[C@@H]1CCCN2C(=O)Cn1ncc2ccccc2c1=O. The first-order chi connectivity index (χ1) is 12.5. The van der Waals surface area contributed by atoms with Crippen molar-refractivity contribution in [3.8, 4) is 0 Å². The summed E-state index contributed by atoms with van der Waals surface area (Å²) in [5.41, 5.74) is -0.348. The maximum Gasteiger partial charge on any atom is 0.275 e. The minimum Gasteiger partial charge on any atom is -0.334 e. The second kappa shape index (κ2) is 6.50. The molecule has 0 radical (unpaired) electrons. The third-order valence-corrected chi connectivity index (χ3v) is 6.27. The molecule has 4 rings (SSSR count). The molecular weight excluding hydrogens is 328 g/mol. The molecule has 6 heteroatoms. The highest BCUT2D eigenvalue weighted by molar-refractivity contribution is 5.81. The van der Waals surface area contributed by atoms with Gasteiger partial charge in [-0.25, -0.2) is 4.68 Å². The van der Waals surface area contributed by atoms with Crippen LogP contribution in [0.5, 0.6) is 0 Å². The molecule has 0 saturated carbocycles. The standard InChI is InChI=1S/C20H26N4O2/c1-20-10-6-11-22(2)17(20)9-5-12-23(20)18(25)14-24-19(26)16-8-4-3-7-15(16)13-21-24/h3-4,7-8,13,17H,5-6,9-12,14H2,1-2H3/t17-,20-/m0/s1. The van der Waals surface area contributed by atoms with Crippen LogP contribution >= 0.6 is 0 Å². The lowest BCUT2D eigenvalue weighted by atomic mass is 9.76. The van der Waals surface area contributed by atoms with Crippen LogP contribution in [0.1, 0.15) is 32.6 Å². The van der Waals surface area contributed by atoms with Crippen molar-refractivity contribution in [2.75, 3.05) is 20.1 Å². The van der Waals surface area contributed by atoms with Crippen molar-refractivity contribution >= 4 is 16.7 Å². The number of benzene rings is 1. The van der Waals surface area contributed by atoms with Gasteiger partial charge >= 0.3 is 0 Å². The van der Waals surface area contributed by atoms with Gasteiger partial charge in [0.05, 0.1) is 17.1 Å². The predicted molar refractivity (Wildman–Crippen MR) is 101 cm³/mol. The molecule has 3 heterocycles. The summed E-state index contributed by atoms with van der Waals surface area (Å²) in [5.74, 6) is -0.00242. The zero-order chi connectivity index (χ0) is 18.3. The summed E-state index contributed by atoms with van der Waals surface area (Å²) in [6.07, 6.45) is 5.93. The fraction of sp³-hybridized carbons (Fsp3) is 0.550. The van der Waals surface area contributed by atoms with Crippen molar-refractivity contribution in [3.63, 3.8) is 0 Å². The maximum atomic E-state index is 13.1. The molecule has 0 N–H and O–H groups in total. The third-order valence-electron chi connectivity index (χ3n) is 6.27. The molecular formula is C20H26N4O2. The Balaban J connectivity index is 1.62. The number of likely N-dealkylation sites (tertiary alicyclic amines) is 2. The Morgan fingerprint density at radius 1 is 1.27 bits per heavy atom. The van der Waals surface area contributed by atoms with Gasteiger partial charge in [0.25, 0.3) is 5.56 Å². The third kappa shape index (κ3) is 2.72. The van der Waals surface area contributed by atoms with Crippen LogP contribution in [0, 0.1) is 0 Å². The highest BCUT2D eigenvalue weighted by Gasteiger charge is 2.47. The van der Waals surface area contributed by atoms with E-state index in [1.807, 2.05) is 23.1 Å². The molecule has 1 aromatic carbocycles. The highest BCUT2D eigenvalue weighted by atomic mass is 16.2. The lowest BCUT2D eigenvalue weighted by Crippen LogP contribution is -2.67. The minimum atomic E-state index is -0.198. The van der Waals surface area contributed by atoms with Gasteiger partial charge in [-0.3, -0.25) is 9.59 Å².